The van der Waals surface area contributed by atoms with Crippen LogP contribution in [-0.2, 0) is 4.79 Å². The third kappa shape index (κ3) is 6.32. The molecule has 0 saturated heterocycles. The molecule has 0 bridgehead atoms. The highest BCUT2D eigenvalue weighted by atomic mass is 16.2. The molecule has 0 atom stereocenters. The zero-order chi connectivity index (χ0) is 17.2. The van der Waals surface area contributed by atoms with Crippen LogP contribution >= 0.6 is 0 Å². The van der Waals surface area contributed by atoms with Gasteiger partial charge in [-0.3, -0.25) is 9.59 Å². The lowest BCUT2D eigenvalue weighted by molar-refractivity contribution is -0.116. The first kappa shape index (κ1) is 18.5. The summed E-state index contributed by atoms with van der Waals surface area (Å²) in [7, 11) is 0. The summed E-state index contributed by atoms with van der Waals surface area (Å²) >= 11 is 0. The van der Waals surface area contributed by atoms with Gasteiger partial charge in [0.25, 0.3) is 5.91 Å². The number of nitrogens with two attached hydrogens (primary N) is 1. The fourth-order valence-corrected chi connectivity index (χ4v) is 3.05. The SMILES string of the molecule is NCCCCCCC(=O)Nc1ccc(C(=O)NC2CCCC2)cc1. The van der Waals surface area contributed by atoms with Crippen molar-refractivity contribution < 1.29 is 9.59 Å². The van der Waals surface area contributed by atoms with Crippen LogP contribution in [0, 0.1) is 0 Å². The van der Waals surface area contributed by atoms with Crippen molar-refractivity contribution in [2.75, 3.05) is 11.9 Å². The topological polar surface area (TPSA) is 84.2 Å². The molecule has 5 heteroatoms. The molecule has 1 aromatic rings. The zero-order valence-electron chi connectivity index (χ0n) is 14.4. The summed E-state index contributed by atoms with van der Waals surface area (Å²) in [5, 5.41) is 5.94. The van der Waals surface area contributed by atoms with Crippen LogP contribution in [0.2, 0.25) is 0 Å². The van der Waals surface area contributed by atoms with Crippen molar-refractivity contribution in [1.29, 1.82) is 0 Å². The highest BCUT2D eigenvalue weighted by Gasteiger charge is 2.17. The van der Waals surface area contributed by atoms with Crippen LogP contribution in [0.4, 0.5) is 5.69 Å². The molecule has 1 aromatic carbocycles. The standard InChI is InChI=1S/C19H29N3O2/c20-14-6-2-1-3-9-18(23)21-17-12-10-15(11-13-17)19(24)22-16-7-4-5-8-16/h10-13,16H,1-9,14,20H2,(H,21,23)(H,22,24). The quantitative estimate of drug-likeness (QED) is 0.608. The van der Waals surface area contributed by atoms with Crippen molar-refractivity contribution >= 4 is 17.5 Å². The van der Waals surface area contributed by atoms with Gasteiger partial charge in [0.1, 0.15) is 0 Å². The summed E-state index contributed by atoms with van der Waals surface area (Å²) in [6, 6.07) is 7.42. The monoisotopic (exact) mass is 331 g/mol. The number of hydrogen-bond acceptors (Lipinski definition) is 3. The molecule has 1 fully saturated rings. The third-order valence-corrected chi connectivity index (χ3v) is 4.48. The minimum atomic E-state index is -0.0281. The molecule has 0 aromatic heterocycles. The van der Waals surface area contributed by atoms with Gasteiger partial charge in [0.05, 0.1) is 0 Å². The van der Waals surface area contributed by atoms with Crippen LogP contribution < -0.4 is 16.4 Å². The van der Waals surface area contributed by atoms with E-state index in [1.54, 1.807) is 24.3 Å². The third-order valence-electron chi connectivity index (χ3n) is 4.48. The lowest BCUT2D eigenvalue weighted by Crippen LogP contribution is -2.32. The second kappa shape index (κ2) is 10.1. The maximum atomic E-state index is 12.2. The summed E-state index contributed by atoms with van der Waals surface area (Å²) in [4.78, 5) is 24.0. The molecule has 0 radical (unpaired) electrons. The Balaban J connectivity index is 1.72. The Bertz CT molecular complexity index is 522. The molecular formula is C19H29N3O2. The normalized spacial score (nSPS) is 14.5. The smallest absolute Gasteiger partial charge is 0.251 e. The molecule has 132 valence electrons. The van der Waals surface area contributed by atoms with Crippen molar-refractivity contribution in [3.8, 4) is 0 Å². The van der Waals surface area contributed by atoms with Gasteiger partial charge < -0.3 is 16.4 Å². The largest absolute Gasteiger partial charge is 0.349 e. The van der Waals surface area contributed by atoms with Crippen LogP contribution in [-0.4, -0.2) is 24.4 Å². The average Bonchev–Trinajstić information content (AvgIpc) is 3.08. The fourth-order valence-electron chi connectivity index (χ4n) is 3.05. The summed E-state index contributed by atoms with van der Waals surface area (Å²) in [5.41, 5.74) is 6.82. The fraction of sp³-hybridized carbons (Fsp3) is 0.579. The van der Waals surface area contributed by atoms with Gasteiger partial charge in [-0.2, -0.15) is 0 Å². The van der Waals surface area contributed by atoms with Crippen LogP contribution in [0.1, 0.15) is 68.1 Å². The lowest BCUT2D eigenvalue weighted by Gasteiger charge is -2.12. The molecular weight excluding hydrogens is 302 g/mol. The van der Waals surface area contributed by atoms with Gasteiger partial charge >= 0.3 is 0 Å². The number of carbonyl (C=O) groups excluding carboxylic acids is 2. The molecule has 1 saturated carbocycles. The predicted molar refractivity (Wildman–Crippen MR) is 96.9 cm³/mol. The van der Waals surface area contributed by atoms with Gasteiger partial charge in [-0.1, -0.05) is 25.7 Å². The van der Waals surface area contributed by atoms with Crippen molar-refractivity contribution in [2.45, 2.75) is 63.8 Å². The number of benzene rings is 1. The number of carbonyl (C=O) groups is 2. The van der Waals surface area contributed by atoms with Crippen molar-refractivity contribution in [1.82, 2.24) is 5.32 Å². The van der Waals surface area contributed by atoms with Gasteiger partial charge in [0.2, 0.25) is 5.91 Å². The molecule has 4 N–H and O–H groups in total. The Morgan fingerprint density at radius 2 is 1.67 bits per heavy atom. The first-order valence-corrected chi connectivity index (χ1v) is 9.10. The Kier molecular flexibility index (Phi) is 7.75. The zero-order valence-corrected chi connectivity index (χ0v) is 14.4. The van der Waals surface area contributed by atoms with E-state index in [0.717, 1.165) is 44.2 Å². The summed E-state index contributed by atoms with van der Waals surface area (Å²) in [6.07, 6.45) is 9.08. The molecule has 2 amide bonds. The van der Waals surface area contributed by atoms with Crippen LogP contribution in [0.25, 0.3) is 0 Å². The van der Waals surface area contributed by atoms with E-state index in [2.05, 4.69) is 10.6 Å². The number of unbranched alkanes of at least 4 members (excludes halogenated alkanes) is 3. The molecule has 2 rings (SSSR count). The number of rotatable bonds is 9. The second-order valence-corrected chi connectivity index (χ2v) is 6.53. The Labute approximate surface area is 144 Å². The summed E-state index contributed by atoms with van der Waals surface area (Å²) in [5.74, 6) is -0.00872. The Hall–Kier alpha value is -1.88. The Morgan fingerprint density at radius 1 is 1.00 bits per heavy atom. The molecule has 0 heterocycles. The Morgan fingerprint density at radius 3 is 2.33 bits per heavy atom. The van der Waals surface area contributed by atoms with Gasteiger partial charge in [-0.25, -0.2) is 0 Å². The maximum absolute atomic E-state index is 12.2. The summed E-state index contributed by atoms with van der Waals surface area (Å²) in [6.45, 7) is 0.715. The highest BCUT2D eigenvalue weighted by molar-refractivity contribution is 5.96. The predicted octanol–water partition coefficient (Wildman–Crippen LogP) is 3.21. The molecule has 0 unspecified atom stereocenters. The van der Waals surface area contributed by atoms with Crippen molar-refractivity contribution in [2.24, 2.45) is 5.73 Å². The van der Waals surface area contributed by atoms with Gasteiger partial charge in [-0.05, 0) is 56.5 Å². The first-order valence-electron chi connectivity index (χ1n) is 9.10. The van der Waals surface area contributed by atoms with E-state index < -0.39 is 0 Å². The van der Waals surface area contributed by atoms with Crippen molar-refractivity contribution in [3.63, 3.8) is 0 Å². The van der Waals surface area contributed by atoms with E-state index in [1.807, 2.05) is 0 Å². The first-order chi connectivity index (χ1) is 11.7. The average molecular weight is 331 g/mol. The van der Waals surface area contributed by atoms with E-state index >= 15 is 0 Å². The molecule has 1 aliphatic carbocycles. The molecule has 1 aliphatic rings. The van der Waals surface area contributed by atoms with Gasteiger partial charge in [0.15, 0.2) is 0 Å². The van der Waals surface area contributed by atoms with E-state index in [4.69, 9.17) is 5.73 Å². The van der Waals surface area contributed by atoms with Gasteiger partial charge in [-0.15, -0.1) is 0 Å². The second-order valence-electron chi connectivity index (χ2n) is 6.53. The van der Waals surface area contributed by atoms with E-state index in [1.165, 1.54) is 12.8 Å². The minimum absolute atomic E-state index is 0.0194. The number of anilines is 1. The maximum Gasteiger partial charge on any atom is 0.251 e. The minimum Gasteiger partial charge on any atom is -0.349 e. The van der Waals surface area contributed by atoms with E-state index in [-0.39, 0.29) is 11.8 Å². The van der Waals surface area contributed by atoms with E-state index in [9.17, 15) is 9.59 Å². The number of amides is 2. The molecule has 0 spiro atoms. The molecule has 24 heavy (non-hydrogen) atoms. The molecule has 0 aliphatic heterocycles. The van der Waals surface area contributed by atoms with Gasteiger partial charge in [0, 0.05) is 23.7 Å². The van der Waals surface area contributed by atoms with Crippen LogP contribution in [0.15, 0.2) is 24.3 Å². The highest BCUT2D eigenvalue weighted by Crippen LogP contribution is 2.18. The molecule has 5 nitrogen and oxygen atoms in total. The van der Waals surface area contributed by atoms with Crippen molar-refractivity contribution in [3.05, 3.63) is 29.8 Å². The van der Waals surface area contributed by atoms with E-state index in [0.29, 0.717) is 24.6 Å². The summed E-state index contributed by atoms with van der Waals surface area (Å²) < 4.78 is 0. The van der Waals surface area contributed by atoms with Crippen LogP contribution in [0.5, 0.6) is 0 Å². The number of hydrogen-bond donors (Lipinski definition) is 3. The van der Waals surface area contributed by atoms with Crippen LogP contribution in [0.3, 0.4) is 0 Å². The lowest BCUT2D eigenvalue weighted by atomic mass is 10.1. The number of nitrogens with one attached hydrogen (secondary N) is 2.